The standard InChI is InChI=1S/C33H40N2O7S/c1-7-9-10-15-41-25-14-12-23(18-27(25)39-6)30-29(32(38)42-19-20(3)4)21(5)34-33-35(30)31(37)28(43-33)17-22-11-13-24(36)26(16-22)40-8-2/h11-14,16-18,20,30,36H,7-10,15,19H2,1-6H3. The Hall–Kier alpha value is -4.05. The van der Waals surface area contributed by atoms with Crippen LogP contribution >= 0.6 is 11.3 Å². The molecule has 0 spiro atoms. The Labute approximate surface area is 255 Å². The molecule has 10 heteroatoms. The van der Waals surface area contributed by atoms with E-state index in [0.717, 1.165) is 19.3 Å². The Morgan fingerprint density at radius 2 is 1.88 bits per heavy atom. The second kappa shape index (κ2) is 14.4. The first-order valence-corrected chi connectivity index (χ1v) is 15.5. The van der Waals surface area contributed by atoms with E-state index < -0.39 is 12.0 Å². The summed E-state index contributed by atoms with van der Waals surface area (Å²) in [5.74, 6) is 1.07. The number of esters is 1. The monoisotopic (exact) mass is 608 g/mol. The second-order valence-electron chi connectivity index (χ2n) is 10.7. The van der Waals surface area contributed by atoms with Gasteiger partial charge in [-0.15, -0.1) is 0 Å². The third-order valence-electron chi connectivity index (χ3n) is 6.88. The summed E-state index contributed by atoms with van der Waals surface area (Å²) in [4.78, 5) is 32.7. The van der Waals surface area contributed by atoms with Crippen LogP contribution < -0.4 is 29.1 Å². The van der Waals surface area contributed by atoms with Crippen molar-refractivity contribution < 1.29 is 28.8 Å². The molecule has 0 aliphatic carbocycles. The molecular weight excluding hydrogens is 568 g/mol. The summed E-state index contributed by atoms with van der Waals surface area (Å²) in [6.07, 6.45) is 4.81. The van der Waals surface area contributed by atoms with Gasteiger partial charge in [-0.3, -0.25) is 9.36 Å². The Morgan fingerprint density at radius 3 is 2.58 bits per heavy atom. The van der Waals surface area contributed by atoms with Gasteiger partial charge >= 0.3 is 5.97 Å². The fourth-order valence-corrected chi connectivity index (χ4v) is 5.82. The number of aromatic nitrogens is 1. The minimum atomic E-state index is -0.792. The van der Waals surface area contributed by atoms with Crippen molar-refractivity contribution >= 4 is 23.4 Å². The number of allylic oxidation sites excluding steroid dienone is 1. The van der Waals surface area contributed by atoms with Crippen LogP contribution in [0.2, 0.25) is 0 Å². The molecule has 0 saturated heterocycles. The van der Waals surface area contributed by atoms with Crippen LogP contribution in [0.15, 0.2) is 57.5 Å². The largest absolute Gasteiger partial charge is 0.504 e. The zero-order chi connectivity index (χ0) is 31.1. The van der Waals surface area contributed by atoms with Crippen LogP contribution in [-0.2, 0) is 9.53 Å². The van der Waals surface area contributed by atoms with Crippen LogP contribution in [0.3, 0.4) is 0 Å². The number of methoxy groups -OCH3 is 1. The van der Waals surface area contributed by atoms with Crippen LogP contribution in [0.25, 0.3) is 6.08 Å². The molecule has 1 aliphatic heterocycles. The summed E-state index contributed by atoms with van der Waals surface area (Å²) in [6, 6.07) is 9.59. The number of phenols is 1. The molecule has 3 aromatic rings. The molecule has 43 heavy (non-hydrogen) atoms. The van der Waals surface area contributed by atoms with E-state index in [0.29, 0.717) is 62.2 Å². The lowest BCUT2D eigenvalue weighted by atomic mass is 9.95. The van der Waals surface area contributed by atoms with E-state index >= 15 is 0 Å². The maximum Gasteiger partial charge on any atom is 0.338 e. The van der Waals surface area contributed by atoms with Gasteiger partial charge in [-0.2, -0.15) is 0 Å². The number of phenolic OH excluding ortho intramolecular Hbond substituents is 1. The Balaban J connectivity index is 1.85. The van der Waals surface area contributed by atoms with Crippen molar-refractivity contribution in [3.63, 3.8) is 0 Å². The van der Waals surface area contributed by atoms with E-state index in [4.69, 9.17) is 18.9 Å². The number of rotatable bonds is 13. The number of ether oxygens (including phenoxy) is 4. The van der Waals surface area contributed by atoms with E-state index in [1.165, 1.54) is 22.0 Å². The average molecular weight is 609 g/mol. The predicted octanol–water partition coefficient (Wildman–Crippen LogP) is 5.12. The first-order valence-electron chi connectivity index (χ1n) is 14.6. The van der Waals surface area contributed by atoms with E-state index in [1.807, 2.05) is 32.9 Å². The van der Waals surface area contributed by atoms with Crippen molar-refractivity contribution in [2.75, 3.05) is 26.9 Å². The molecule has 1 aromatic heterocycles. The number of benzene rings is 2. The van der Waals surface area contributed by atoms with Crippen LogP contribution in [-0.4, -0.2) is 42.6 Å². The molecule has 0 amide bonds. The molecule has 230 valence electrons. The summed E-state index contributed by atoms with van der Waals surface area (Å²) < 4.78 is 24.8. The van der Waals surface area contributed by atoms with Crippen LogP contribution in [0.4, 0.5) is 0 Å². The molecule has 9 nitrogen and oxygen atoms in total. The van der Waals surface area contributed by atoms with Gasteiger partial charge in [0.25, 0.3) is 5.56 Å². The minimum Gasteiger partial charge on any atom is -0.504 e. The first kappa shape index (κ1) is 31.9. The number of thiazole rings is 1. The van der Waals surface area contributed by atoms with Crippen molar-refractivity contribution in [1.29, 1.82) is 0 Å². The molecule has 0 saturated carbocycles. The maximum absolute atomic E-state index is 14.0. The number of unbranched alkanes of at least 4 members (excludes halogenated alkanes) is 2. The molecule has 4 rings (SSSR count). The van der Waals surface area contributed by atoms with E-state index in [9.17, 15) is 14.7 Å². The molecule has 2 heterocycles. The topological polar surface area (TPSA) is 109 Å². The van der Waals surface area contributed by atoms with Gasteiger partial charge in [0.15, 0.2) is 27.8 Å². The first-order chi connectivity index (χ1) is 20.7. The molecule has 2 aromatic carbocycles. The normalized spacial score (nSPS) is 14.9. The fourth-order valence-electron chi connectivity index (χ4n) is 4.77. The quantitative estimate of drug-likeness (QED) is 0.212. The van der Waals surface area contributed by atoms with Crippen LogP contribution in [0, 0.1) is 5.92 Å². The maximum atomic E-state index is 14.0. The highest BCUT2D eigenvalue weighted by Crippen LogP contribution is 2.36. The summed E-state index contributed by atoms with van der Waals surface area (Å²) >= 11 is 1.23. The number of carbonyl (C=O) groups excluding carboxylic acids is 1. The number of hydrogen-bond acceptors (Lipinski definition) is 9. The third-order valence-corrected chi connectivity index (χ3v) is 7.86. The van der Waals surface area contributed by atoms with Crippen molar-refractivity contribution in [2.45, 2.75) is 59.9 Å². The van der Waals surface area contributed by atoms with E-state index in [1.54, 1.807) is 38.3 Å². The van der Waals surface area contributed by atoms with Crippen molar-refractivity contribution in [3.8, 4) is 23.0 Å². The van der Waals surface area contributed by atoms with E-state index in [-0.39, 0.29) is 23.8 Å². The lowest BCUT2D eigenvalue weighted by molar-refractivity contribution is -0.140. The van der Waals surface area contributed by atoms with Crippen LogP contribution in [0.1, 0.15) is 71.0 Å². The highest BCUT2D eigenvalue weighted by molar-refractivity contribution is 7.07. The number of aromatic hydroxyl groups is 1. The predicted molar refractivity (Wildman–Crippen MR) is 167 cm³/mol. The highest BCUT2D eigenvalue weighted by Gasteiger charge is 2.34. The number of fused-ring (bicyclic) bond motifs is 1. The number of nitrogens with zero attached hydrogens (tertiary/aromatic N) is 2. The van der Waals surface area contributed by atoms with Crippen molar-refractivity contribution in [3.05, 3.63) is 78.5 Å². The van der Waals surface area contributed by atoms with Crippen molar-refractivity contribution in [2.24, 2.45) is 10.9 Å². The molecule has 1 unspecified atom stereocenters. The average Bonchev–Trinajstić information content (AvgIpc) is 3.29. The van der Waals surface area contributed by atoms with Gasteiger partial charge in [-0.05, 0) is 67.7 Å². The van der Waals surface area contributed by atoms with Gasteiger partial charge < -0.3 is 24.1 Å². The SMILES string of the molecule is CCCCCOc1ccc(C2C(C(=O)OCC(C)C)=C(C)N=c3sc(=Cc4ccc(O)c(OCC)c4)c(=O)n32)cc1OC. The molecule has 1 N–H and O–H groups in total. The summed E-state index contributed by atoms with van der Waals surface area (Å²) in [6.45, 7) is 10.8. The zero-order valence-electron chi connectivity index (χ0n) is 25.6. The summed E-state index contributed by atoms with van der Waals surface area (Å²) in [5, 5.41) is 10.1. The van der Waals surface area contributed by atoms with Gasteiger partial charge in [0.05, 0.1) is 48.8 Å². The summed E-state index contributed by atoms with van der Waals surface area (Å²) in [7, 11) is 1.57. The number of carbonyl (C=O) groups is 1. The third kappa shape index (κ3) is 7.30. The van der Waals surface area contributed by atoms with E-state index in [2.05, 4.69) is 11.9 Å². The van der Waals surface area contributed by atoms with Gasteiger partial charge in [0.2, 0.25) is 0 Å². The Kier molecular flexibility index (Phi) is 10.7. The molecule has 1 atom stereocenters. The zero-order valence-corrected chi connectivity index (χ0v) is 26.5. The Morgan fingerprint density at radius 1 is 1.09 bits per heavy atom. The second-order valence-corrected chi connectivity index (χ2v) is 11.7. The molecule has 0 radical (unpaired) electrons. The molecule has 0 bridgehead atoms. The summed E-state index contributed by atoms with van der Waals surface area (Å²) in [5.41, 5.74) is 1.82. The lowest BCUT2D eigenvalue weighted by Crippen LogP contribution is -2.40. The van der Waals surface area contributed by atoms with Crippen LogP contribution in [0.5, 0.6) is 23.0 Å². The van der Waals surface area contributed by atoms with Gasteiger partial charge in [-0.25, -0.2) is 9.79 Å². The smallest absolute Gasteiger partial charge is 0.338 e. The highest BCUT2D eigenvalue weighted by atomic mass is 32.1. The number of hydrogen-bond donors (Lipinski definition) is 1. The molecule has 0 fully saturated rings. The van der Waals surface area contributed by atoms with Gasteiger partial charge in [0, 0.05) is 0 Å². The minimum absolute atomic E-state index is 0.0207. The Bertz CT molecular complexity index is 1670. The van der Waals surface area contributed by atoms with Crippen molar-refractivity contribution in [1.82, 2.24) is 4.57 Å². The fraction of sp³-hybridized carbons (Fsp3) is 0.424. The lowest BCUT2D eigenvalue weighted by Gasteiger charge is -2.25. The molecular formula is C33H40N2O7S. The van der Waals surface area contributed by atoms with Gasteiger partial charge in [0.1, 0.15) is 0 Å². The van der Waals surface area contributed by atoms with Gasteiger partial charge in [-0.1, -0.05) is 57.1 Å². The molecule has 1 aliphatic rings.